The van der Waals surface area contributed by atoms with Crippen LogP contribution in [0.4, 0.5) is 4.39 Å². The molecule has 36 heavy (non-hydrogen) atoms. The first kappa shape index (κ1) is 27.5. The molecule has 1 saturated heterocycles. The Balaban J connectivity index is 1.70. The van der Waals surface area contributed by atoms with Gasteiger partial charge in [-0.1, -0.05) is 32.4 Å². The van der Waals surface area contributed by atoms with E-state index in [1.54, 1.807) is 12.1 Å². The highest BCUT2D eigenvalue weighted by atomic mass is 32.2. The standard InChI is InChI=1S/C25H33FN4O5S/c1-18(2)14-22(24(31)27-15-20-6-5-12-29(33)16-20)28-25(32)23-7-3-4-13-30(23)36(34,35)17-19-8-10-21(26)11-9-19/h5-6,8-12,16,18,22-23H,3-4,7,13-15,17H2,1-2H3,(H,27,31)(H,28,32)/t22-,23-/m0/s1. The fourth-order valence-electron chi connectivity index (χ4n) is 4.26. The molecule has 0 radical (unpaired) electrons. The molecule has 0 spiro atoms. The van der Waals surface area contributed by atoms with E-state index in [9.17, 15) is 27.6 Å². The van der Waals surface area contributed by atoms with E-state index in [4.69, 9.17) is 0 Å². The average Bonchev–Trinajstić information content (AvgIpc) is 2.83. The first-order valence-electron chi connectivity index (χ1n) is 12.0. The van der Waals surface area contributed by atoms with E-state index in [1.165, 1.54) is 41.0 Å². The van der Waals surface area contributed by atoms with Crippen LogP contribution in [0.25, 0.3) is 0 Å². The van der Waals surface area contributed by atoms with Crippen LogP contribution in [-0.2, 0) is 31.9 Å². The molecular formula is C25H33FN4O5S. The van der Waals surface area contributed by atoms with E-state index in [0.29, 0.717) is 41.5 Å². The van der Waals surface area contributed by atoms with Crippen molar-refractivity contribution >= 4 is 21.8 Å². The number of hydrogen-bond donors (Lipinski definition) is 2. The van der Waals surface area contributed by atoms with Gasteiger partial charge in [-0.2, -0.15) is 9.04 Å². The van der Waals surface area contributed by atoms with Crippen molar-refractivity contribution in [2.45, 2.75) is 63.9 Å². The van der Waals surface area contributed by atoms with Crippen molar-refractivity contribution in [2.75, 3.05) is 6.54 Å². The zero-order chi connectivity index (χ0) is 26.3. The Labute approximate surface area is 211 Å². The van der Waals surface area contributed by atoms with Gasteiger partial charge in [0.05, 0.1) is 5.75 Å². The van der Waals surface area contributed by atoms with Gasteiger partial charge < -0.3 is 15.8 Å². The van der Waals surface area contributed by atoms with Gasteiger partial charge in [0.15, 0.2) is 12.4 Å². The Hall–Kier alpha value is -3.05. The summed E-state index contributed by atoms with van der Waals surface area (Å²) in [6.07, 6.45) is 4.71. The summed E-state index contributed by atoms with van der Waals surface area (Å²) in [6.45, 7) is 4.16. The number of nitrogens with zero attached hydrogens (tertiary/aromatic N) is 2. The number of hydrogen-bond acceptors (Lipinski definition) is 5. The lowest BCUT2D eigenvalue weighted by molar-refractivity contribution is -0.605. The smallest absolute Gasteiger partial charge is 0.242 e. The van der Waals surface area contributed by atoms with Gasteiger partial charge in [-0.15, -0.1) is 0 Å². The van der Waals surface area contributed by atoms with E-state index in [2.05, 4.69) is 10.6 Å². The quantitative estimate of drug-likeness (QED) is 0.367. The molecule has 0 saturated carbocycles. The highest BCUT2D eigenvalue weighted by Gasteiger charge is 2.38. The molecule has 1 aliphatic rings. The summed E-state index contributed by atoms with van der Waals surface area (Å²) in [4.78, 5) is 26.2. The van der Waals surface area contributed by atoms with Crippen molar-refractivity contribution in [3.05, 3.63) is 70.9 Å². The van der Waals surface area contributed by atoms with Crippen molar-refractivity contribution in [3.8, 4) is 0 Å². The molecule has 0 bridgehead atoms. The molecule has 3 rings (SSSR count). The Kier molecular flexibility index (Phi) is 9.38. The van der Waals surface area contributed by atoms with Crippen LogP contribution in [0.5, 0.6) is 0 Å². The maximum Gasteiger partial charge on any atom is 0.242 e. The molecule has 1 aliphatic heterocycles. The first-order valence-corrected chi connectivity index (χ1v) is 13.7. The summed E-state index contributed by atoms with van der Waals surface area (Å²) in [5, 5.41) is 17.0. The van der Waals surface area contributed by atoms with Crippen molar-refractivity contribution in [3.63, 3.8) is 0 Å². The second-order valence-corrected chi connectivity index (χ2v) is 11.4. The number of sulfonamides is 1. The van der Waals surface area contributed by atoms with Gasteiger partial charge in [0.2, 0.25) is 21.8 Å². The molecule has 9 nitrogen and oxygen atoms in total. The molecule has 1 aromatic heterocycles. The minimum Gasteiger partial charge on any atom is -0.619 e. The van der Waals surface area contributed by atoms with Crippen molar-refractivity contribution in [2.24, 2.45) is 5.92 Å². The summed E-state index contributed by atoms with van der Waals surface area (Å²) < 4.78 is 41.4. The van der Waals surface area contributed by atoms with Crippen molar-refractivity contribution < 1.29 is 27.1 Å². The summed E-state index contributed by atoms with van der Waals surface area (Å²) >= 11 is 0. The van der Waals surface area contributed by atoms with Gasteiger partial charge in [-0.25, -0.2) is 12.8 Å². The number of halogens is 1. The molecule has 2 atom stereocenters. The molecule has 2 aromatic rings. The second kappa shape index (κ2) is 12.3. The Bertz CT molecular complexity index is 1160. The maximum absolute atomic E-state index is 13.3. The molecule has 2 amide bonds. The van der Waals surface area contributed by atoms with Gasteiger partial charge in [-0.3, -0.25) is 9.59 Å². The van der Waals surface area contributed by atoms with E-state index in [1.807, 2.05) is 13.8 Å². The number of pyridine rings is 1. The molecule has 2 heterocycles. The van der Waals surface area contributed by atoms with E-state index in [-0.39, 0.29) is 24.8 Å². The zero-order valence-corrected chi connectivity index (χ0v) is 21.3. The van der Waals surface area contributed by atoms with Gasteiger partial charge >= 0.3 is 0 Å². The molecule has 1 fully saturated rings. The van der Waals surface area contributed by atoms with E-state index >= 15 is 0 Å². The third-order valence-corrected chi connectivity index (χ3v) is 7.87. The fourth-order valence-corrected chi connectivity index (χ4v) is 6.04. The third kappa shape index (κ3) is 7.72. The first-order chi connectivity index (χ1) is 17.0. The zero-order valence-electron chi connectivity index (χ0n) is 20.5. The lowest BCUT2D eigenvalue weighted by atomic mass is 10.0. The normalized spacial score (nSPS) is 17.5. The number of rotatable bonds is 10. The topological polar surface area (TPSA) is 123 Å². The van der Waals surface area contributed by atoms with Crippen LogP contribution in [0.2, 0.25) is 0 Å². The van der Waals surface area contributed by atoms with Crippen LogP contribution >= 0.6 is 0 Å². The van der Waals surface area contributed by atoms with Crippen LogP contribution in [0, 0.1) is 16.9 Å². The molecule has 1 aromatic carbocycles. The van der Waals surface area contributed by atoms with Gasteiger partial charge in [0, 0.05) is 24.7 Å². The lowest BCUT2D eigenvalue weighted by Crippen LogP contribution is -2.56. The summed E-state index contributed by atoms with van der Waals surface area (Å²) in [5.74, 6) is -1.64. The largest absolute Gasteiger partial charge is 0.619 e. The summed E-state index contributed by atoms with van der Waals surface area (Å²) in [5.41, 5.74) is 1.04. The van der Waals surface area contributed by atoms with Crippen LogP contribution in [0.3, 0.4) is 0 Å². The minimum atomic E-state index is -3.86. The predicted octanol–water partition coefficient (Wildman–Crippen LogP) is 1.99. The Morgan fingerprint density at radius 3 is 2.56 bits per heavy atom. The number of nitrogens with one attached hydrogen (secondary N) is 2. The third-order valence-electron chi connectivity index (χ3n) is 6.02. The van der Waals surface area contributed by atoms with Crippen LogP contribution in [0.1, 0.15) is 50.7 Å². The van der Waals surface area contributed by atoms with Crippen LogP contribution in [0.15, 0.2) is 48.8 Å². The molecular weight excluding hydrogens is 487 g/mol. The maximum atomic E-state index is 13.3. The molecule has 0 aliphatic carbocycles. The Morgan fingerprint density at radius 2 is 1.89 bits per heavy atom. The van der Waals surface area contributed by atoms with E-state index in [0.717, 1.165) is 0 Å². The van der Waals surface area contributed by atoms with Crippen LogP contribution < -0.4 is 15.4 Å². The molecule has 2 N–H and O–H groups in total. The van der Waals surface area contributed by atoms with Crippen molar-refractivity contribution in [1.82, 2.24) is 14.9 Å². The second-order valence-electron chi connectivity index (χ2n) is 9.49. The highest BCUT2D eigenvalue weighted by Crippen LogP contribution is 2.24. The summed E-state index contributed by atoms with van der Waals surface area (Å²) in [7, 11) is -3.86. The van der Waals surface area contributed by atoms with Crippen molar-refractivity contribution in [1.29, 1.82) is 0 Å². The van der Waals surface area contributed by atoms with Crippen LogP contribution in [-0.4, -0.2) is 43.2 Å². The molecule has 11 heteroatoms. The monoisotopic (exact) mass is 520 g/mol. The van der Waals surface area contributed by atoms with Gasteiger partial charge in [0.25, 0.3) is 0 Å². The van der Waals surface area contributed by atoms with Gasteiger partial charge in [-0.05, 0) is 48.9 Å². The lowest BCUT2D eigenvalue weighted by Gasteiger charge is -2.34. The average molecular weight is 521 g/mol. The fraction of sp³-hybridized carbons (Fsp3) is 0.480. The minimum absolute atomic E-state index is 0.0891. The predicted molar refractivity (Wildman–Crippen MR) is 132 cm³/mol. The van der Waals surface area contributed by atoms with Gasteiger partial charge in [0.1, 0.15) is 17.9 Å². The number of benzene rings is 1. The number of amides is 2. The molecule has 196 valence electrons. The number of aromatic nitrogens is 1. The molecule has 0 unspecified atom stereocenters. The number of carbonyl (C=O) groups excluding carboxylic acids is 2. The van der Waals surface area contributed by atoms with E-state index < -0.39 is 39.7 Å². The number of piperidine rings is 1. The highest BCUT2D eigenvalue weighted by molar-refractivity contribution is 7.88. The number of carbonyl (C=O) groups is 2. The summed E-state index contributed by atoms with van der Waals surface area (Å²) in [6, 6.07) is 6.72. The SMILES string of the molecule is CC(C)C[C@H](NC(=O)[C@@H]1CCCCN1S(=O)(=O)Cc1ccc(F)cc1)C(=O)NCc1ccc[n+]([O-])c1. The Morgan fingerprint density at radius 1 is 1.17 bits per heavy atom.